The van der Waals surface area contributed by atoms with Gasteiger partial charge in [-0.05, 0) is 38.5 Å². The predicted molar refractivity (Wildman–Crippen MR) is 93.6 cm³/mol. The number of rotatable bonds is 4. The third-order valence-electron chi connectivity index (χ3n) is 3.19. The first-order valence-electron chi connectivity index (χ1n) is 7.86. The van der Waals surface area contributed by atoms with Gasteiger partial charge in [-0.25, -0.2) is 9.18 Å². The second kappa shape index (κ2) is 7.79. The molecule has 0 unspecified atom stereocenters. The van der Waals surface area contributed by atoms with Gasteiger partial charge in [0.25, 0.3) is 5.91 Å². The van der Waals surface area contributed by atoms with Gasteiger partial charge in [-0.3, -0.25) is 4.79 Å². The molecule has 0 radical (unpaired) electrons. The number of hydrogen-bond donors (Lipinski definition) is 2. The van der Waals surface area contributed by atoms with E-state index in [2.05, 4.69) is 10.6 Å². The fourth-order valence-electron chi connectivity index (χ4n) is 2.14. The lowest BCUT2D eigenvalue weighted by Crippen LogP contribution is -2.40. The van der Waals surface area contributed by atoms with Crippen molar-refractivity contribution in [2.75, 3.05) is 5.32 Å². The van der Waals surface area contributed by atoms with Crippen molar-refractivity contribution in [3.63, 3.8) is 0 Å². The van der Waals surface area contributed by atoms with Gasteiger partial charge in [0.05, 0.1) is 5.69 Å². The highest BCUT2D eigenvalue weighted by Gasteiger charge is 2.26. The molecule has 25 heavy (non-hydrogen) atoms. The molecule has 0 saturated carbocycles. The fourth-order valence-corrected chi connectivity index (χ4v) is 2.14. The molecule has 0 aliphatic carbocycles. The average molecular weight is 344 g/mol. The van der Waals surface area contributed by atoms with Crippen molar-refractivity contribution in [3.05, 3.63) is 66.0 Å². The van der Waals surface area contributed by atoms with Crippen LogP contribution in [-0.4, -0.2) is 17.6 Å². The van der Waals surface area contributed by atoms with Crippen LogP contribution < -0.4 is 10.6 Å². The van der Waals surface area contributed by atoms with Crippen LogP contribution in [0.2, 0.25) is 0 Å². The summed E-state index contributed by atoms with van der Waals surface area (Å²) in [5, 5.41) is 5.03. The maximum Gasteiger partial charge on any atom is 0.408 e. The first kappa shape index (κ1) is 18.4. The number of benzene rings is 2. The highest BCUT2D eigenvalue weighted by Crippen LogP contribution is 2.19. The van der Waals surface area contributed by atoms with E-state index in [1.165, 1.54) is 18.2 Å². The molecule has 6 heteroatoms. The van der Waals surface area contributed by atoms with E-state index in [4.69, 9.17) is 4.74 Å². The Balaban J connectivity index is 2.21. The summed E-state index contributed by atoms with van der Waals surface area (Å²) in [5.41, 5.74) is -0.102. The maximum absolute atomic E-state index is 13.8. The Hall–Kier alpha value is -2.89. The van der Waals surface area contributed by atoms with Gasteiger partial charge < -0.3 is 15.4 Å². The molecule has 132 valence electrons. The lowest BCUT2D eigenvalue weighted by atomic mass is 10.1. The van der Waals surface area contributed by atoms with E-state index in [-0.39, 0.29) is 5.69 Å². The van der Waals surface area contributed by atoms with Crippen LogP contribution in [0.1, 0.15) is 32.4 Å². The fraction of sp³-hybridized carbons (Fsp3) is 0.263. The smallest absolute Gasteiger partial charge is 0.408 e. The number of halogens is 1. The van der Waals surface area contributed by atoms with Crippen molar-refractivity contribution in [1.82, 2.24) is 5.32 Å². The highest BCUT2D eigenvalue weighted by molar-refractivity contribution is 5.97. The SMILES string of the molecule is CC(C)(C)OC(=O)N[C@H](C(=O)Nc1ccccc1F)c1ccccc1. The third kappa shape index (κ3) is 5.60. The summed E-state index contributed by atoms with van der Waals surface area (Å²) in [4.78, 5) is 24.7. The van der Waals surface area contributed by atoms with E-state index in [9.17, 15) is 14.0 Å². The highest BCUT2D eigenvalue weighted by atomic mass is 19.1. The summed E-state index contributed by atoms with van der Waals surface area (Å²) in [7, 11) is 0. The molecule has 0 aliphatic heterocycles. The van der Waals surface area contributed by atoms with Gasteiger partial charge in [0.1, 0.15) is 17.5 Å². The Morgan fingerprint density at radius 3 is 2.20 bits per heavy atom. The molecule has 0 bridgehead atoms. The molecular weight excluding hydrogens is 323 g/mol. The summed E-state index contributed by atoms with van der Waals surface area (Å²) < 4.78 is 19.0. The zero-order chi connectivity index (χ0) is 18.4. The van der Waals surface area contributed by atoms with Gasteiger partial charge in [0.2, 0.25) is 0 Å². The van der Waals surface area contributed by atoms with E-state index < -0.39 is 29.5 Å². The van der Waals surface area contributed by atoms with Crippen LogP contribution >= 0.6 is 0 Å². The van der Waals surface area contributed by atoms with Crippen molar-refractivity contribution < 1.29 is 18.7 Å². The van der Waals surface area contributed by atoms with E-state index in [1.54, 1.807) is 57.2 Å². The van der Waals surface area contributed by atoms with Gasteiger partial charge in [0, 0.05) is 0 Å². The molecule has 2 rings (SSSR count). The van der Waals surface area contributed by atoms with Gasteiger partial charge in [-0.2, -0.15) is 0 Å². The molecule has 2 N–H and O–H groups in total. The van der Waals surface area contributed by atoms with Crippen molar-refractivity contribution in [2.24, 2.45) is 0 Å². The van der Waals surface area contributed by atoms with Crippen molar-refractivity contribution in [3.8, 4) is 0 Å². The lowest BCUT2D eigenvalue weighted by Gasteiger charge is -2.23. The first-order valence-corrected chi connectivity index (χ1v) is 7.86. The third-order valence-corrected chi connectivity index (χ3v) is 3.19. The quantitative estimate of drug-likeness (QED) is 0.880. The van der Waals surface area contributed by atoms with E-state index >= 15 is 0 Å². The number of para-hydroxylation sites is 1. The summed E-state index contributed by atoms with van der Waals surface area (Å²) in [5.74, 6) is -1.12. The van der Waals surface area contributed by atoms with Crippen LogP contribution in [0.5, 0.6) is 0 Å². The van der Waals surface area contributed by atoms with Gasteiger partial charge in [-0.15, -0.1) is 0 Å². The Morgan fingerprint density at radius 2 is 1.60 bits per heavy atom. The first-order chi connectivity index (χ1) is 11.8. The zero-order valence-corrected chi connectivity index (χ0v) is 14.4. The summed E-state index contributed by atoms with van der Waals surface area (Å²) in [6.07, 6.45) is -0.731. The standard InChI is InChI=1S/C19H21FN2O3/c1-19(2,3)25-18(24)22-16(13-9-5-4-6-10-13)17(23)21-15-12-8-7-11-14(15)20/h4-12,16H,1-3H3,(H,21,23)(H,22,24)/t16-/m0/s1. The normalized spacial score (nSPS) is 12.2. The van der Waals surface area contributed by atoms with Crippen LogP contribution in [-0.2, 0) is 9.53 Å². The van der Waals surface area contributed by atoms with Crippen LogP contribution in [0.25, 0.3) is 0 Å². The summed E-state index contributed by atoms with van der Waals surface area (Å²) in [6.45, 7) is 5.18. The number of carbonyl (C=O) groups is 2. The Kier molecular flexibility index (Phi) is 5.75. The molecule has 2 aromatic carbocycles. The molecule has 2 aromatic rings. The minimum atomic E-state index is -1.02. The number of ether oxygens (including phenoxy) is 1. The van der Waals surface area contributed by atoms with Crippen molar-refractivity contribution in [2.45, 2.75) is 32.4 Å². The van der Waals surface area contributed by atoms with Crippen LogP contribution in [0.4, 0.5) is 14.9 Å². The lowest BCUT2D eigenvalue weighted by molar-refractivity contribution is -0.118. The van der Waals surface area contributed by atoms with E-state index in [0.717, 1.165) is 0 Å². The number of hydrogen-bond acceptors (Lipinski definition) is 3. The molecular formula is C19H21FN2O3. The number of amides is 2. The second-order valence-corrected chi connectivity index (χ2v) is 6.46. The molecule has 2 amide bonds. The predicted octanol–water partition coefficient (Wildman–Crippen LogP) is 4.03. The zero-order valence-electron chi connectivity index (χ0n) is 14.4. The van der Waals surface area contributed by atoms with Crippen LogP contribution in [0.15, 0.2) is 54.6 Å². The largest absolute Gasteiger partial charge is 0.444 e. The van der Waals surface area contributed by atoms with E-state index in [0.29, 0.717) is 5.56 Å². The van der Waals surface area contributed by atoms with E-state index in [1.807, 2.05) is 0 Å². The molecule has 0 heterocycles. The number of nitrogens with one attached hydrogen (secondary N) is 2. The number of anilines is 1. The topological polar surface area (TPSA) is 67.4 Å². The van der Waals surface area contributed by atoms with Gasteiger partial charge in [0.15, 0.2) is 0 Å². The molecule has 0 aliphatic rings. The maximum atomic E-state index is 13.8. The second-order valence-electron chi connectivity index (χ2n) is 6.46. The van der Waals surface area contributed by atoms with Crippen molar-refractivity contribution >= 4 is 17.7 Å². The number of carbonyl (C=O) groups excluding carboxylic acids is 2. The van der Waals surface area contributed by atoms with Crippen LogP contribution in [0.3, 0.4) is 0 Å². The minimum Gasteiger partial charge on any atom is -0.444 e. The van der Waals surface area contributed by atoms with Gasteiger partial charge >= 0.3 is 6.09 Å². The molecule has 0 aromatic heterocycles. The minimum absolute atomic E-state index is 0.0411. The molecule has 0 fully saturated rings. The Bertz CT molecular complexity index is 742. The molecule has 1 atom stereocenters. The Morgan fingerprint density at radius 1 is 1.00 bits per heavy atom. The number of alkyl carbamates (subject to hydrolysis) is 1. The summed E-state index contributed by atoms with van der Waals surface area (Å²) >= 11 is 0. The molecule has 0 saturated heterocycles. The monoisotopic (exact) mass is 344 g/mol. The average Bonchev–Trinajstić information content (AvgIpc) is 2.54. The van der Waals surface area contributed by atoms with Crippen molar-refractivity contribution in [1.29, 1.82) is 0 Å². The van der Waals surface area contributed by atoms with Crippen LogP contribution in [0, 0.1) is 5.82 Å². The Labute approximate surface area is 146 Å². The summed E-state index contributed by atoms with van der Waals surface area (Å²) in [6, 6.07) is 13.5. The molecule has 5 nitrogen and oxygen atoms in total. The molecule has 0 spiro atoms. The van der Waals surface area contributed by atoms with Gasteiger partial charge in [-0.1, -0.05) is 42.5 Å².